The molecule has 1 aliphatic rings. The molecule has 19 heavy (non-hydrogen) atoms. The number of likely N-dealkylation sites (N-methyl/N-ethyl adjacent to an activating group) is 1. The van der Waals surface area contributed by atoms with Crippen LogP contribution in [-0.4, -0.2) is 49.4 Å². The van der Waals surface area contributed by atoms with Gasteiger partial charge in [0.25, 0.3) is 0 Å². The van der Waals surface area contributed by atoms with Gasteiger partial charge in [0.2, 0.25) is 11.8 Å². The molecule has 0 aromatic heterocycles. The molecule has 0 heterocycles. The average Bonchev–Trinajstić information content (AvgIpc) is 2.38. The first-order valence-corrected chi connectivity index (χ1v) is 7.20. The summed E-state index contributed by atoms with van der Waals surface area (Å²) in [4.78, 5) is 25.4. The predicted octanol–water partition coefficient (Wildman–Crippen LogP) is 0.748. The van der Waals surface area contributed by atoms with E-state index in [1.807, 2.05) is 13.8 Å². The molecule has 5 heteroatoms. The van der Waals surface area contributed by atoms with E-state index in [4.69, 9.17) is 0 Å². The number of carbonyl (C=O) groups is 2. The van der Waals surface area contributed by atoms with Gasteiger partial charge in [-0.25, -0.2) is 0 Å². The van der Waals surface area contributed by atoms with E-state index >= 15 is 0 Å². The fourth-order valence-electron chi connectivity index (χ4n) is 2.57. The predicted molar refractivity (Wildman–Crippen MR) is 75.7 cm³/mol. The Morgan fingerprint density at radius 1 is 1.21 bits per heavy atom. The first kappa shape index (κ1) is 16.0. The largest absolute Gasteiger partial charge is 0.352 e. The van der Waals surface area contributed by atoms with E-state index in [-0.39, 0.29) is 29.8 Å². The summed E-state index contributed by atoms with van der Waals surface area (Å²) in [6.45, 7) is 4.65. The van der Waals surface area contributed by atoms with Gasteiger partial charge in [0.1, 0.15) is 0 Å². The molecule has 2 amide bonds. The zero-order valence-electron chi connectivity index (χ0n) is 12.5. The van der Waals surface area contributed by atoms with E-state index in [1.54, 1.807) is 19.0 Å². The molecule has 1 atom stereocenters. The Balaban J connectivity index is 2.34. The van der Waals surface area contributed by atoms with Gasteiger partial charge in [0.05, 0.1) is 6.04 Å². The van der Waals surface area contributed by atoms with Gasteiger partial charge in [-0.3, -0.25) is 9.59 Å². The van der Waals surface area contributed by atoms with Crippen molar-refractivity contribution in [2.75, 3.05) is 20.6 Å². The molecule has 0 aromatic rings. The van der Waals surface area contributed by atoms with Gasteiger partial charge in [0, 0.05) is 26.1 Å². The van der Waals surface area contributed by atoms with Crippen LogP contribution in [0.25, 0.3) is 0 Å². The lowest BCUT2D eigenvalue weighted by molar-refractivity contribution is -0.134. The summed E-state index contributed by atoms with van der Waals surface area (Å²) >= 11 is 0. The molecule has 0 aromatic carbocycles. The van der Waals surface area contributed by atoms with E-state index in [0.29, 0.717) is 0 Å². The second-order valence-electron chi connectivity index (χ2n) is 5.57. The minimum absolute atomic E-state index is 0.0595. The van der Waals surface area contributed by atoms with Gasteiger partial charge in [-0.05, 0) is 39.2 Å². The Morgan fingerprint density at radius 2 is 1.79 bits per heavy atom. The molecule has 0 unspecified atom stereocenters. The summed E-state index contributed by atoms with van der Waals surface area (Å²) in [6, 6.07) is 0.0750. The van der Waals surface area contributed by atoms with Crippen molar-refractivity contribution in [2.24, 2.45) is 5.92 Å². The molecule has 2 N–H and O–H groups in total. The molecule has 1 rings (SSSR count). The lowest BCUT2D eigenvalue weighted by Gasteiger charge is -2.30. The van der Waals surface area contributed by atoms with Crippen LogP contribution in [0.4, 0.5) is 0 Å². The molecule has 1 aliphatic carbocycles. The number of hydrogen-bond donors (Lipinski definition) is 2. The lowest BCUT2D eigenvalue weighted by atomic mass is 9.85. The normalized spacial score (nSPS) is 24.6. The quantitative estimate of drug-likeness (QED) is 0.774. The van der Waals surface area contributed by atoms with Crippen LogP contribution in [0.15, 0.2) is 0 Å². The Hall–Kier alpha value is -1.10. The monoisotopic (exact) mass is 269 g/mol. The molecule has 0 spiro atoms. The van der Waals surface area contributed by atoms with Crippen LogP contribution in [0.5, 0.6) is 0 Å². The van der Waals surface area contributed by atoms with Crippen LogP contribution in [0.2, 0.25) is 0 Å². The van der Waals surface area contributed by atoms with Gasteiger partial charge < -0.3 is 15.5 Å². The van der Waals surface area contributed by atoms with Crippen molar-refractivity contribution in [3.8, 4) is 0 Å². The van der Waals surface area contributed by atoms with Crippen molar-refractivity contribution in [2.45, 2.75) is 51.6 Å². The third kappa shape index (κ3) is 4.82. The molecule has 0 radical (unpaired) electrons. The highest BCUT2D eigenvalue weighted by atomic mass is 16.2. The van der Waals surface area contributed by atoms with Gasteiger partial charge in [-0.2, -0.15) is 0 Å². The standard InChI is InChI=1S/C14H27N3O2/c1-5-15-10(2)13(18)16-12-8-6-11(7-9-12)14(19)17(3)4/h10-12,15H,5-9H2,1-4H3,(H,16,18)/t10-,11?,12?/m1/s1. The Bertz CT molecular complexity index is 310. The molecule has 0 aliphatic heterocycles. The maximum atomic E-state index is 11.9. The summed E-state index contributed by atoms with van der Waals surface area (Å²) in [6.07, 6.45) is 3.54. The van der Waals surface area contributed by atoms with Gasteiger partial charge in [-0.1, -0.05) is 6.92 Å². The van der Waals surface area contributed by atoms with Gasteiger partial charge >= 0.3 is 0 Å². The zero-order valence-corrected chi connectivity index (χ0v) is 12.5. The number of nitrogens with zero attached hydrogens (tertiary/aromatic N) is 1. The minimum Gasteiger partial charge on any atom is -0.352 e. The summed E-state index contributed by atoms with van der Waals surface area (Å²) in [5.41, 5.74) is 0. The van der Waals surface area contributed by atoms with E-state index < -0.39 is 0 Å². The molecule has 1 saturated carbocycles. The van der Waals surface area contributed by atoms with Crippen molar-refractivity contribution < 1.29 is 9.59 Å². The maximum absolute atomic E-state index is 11.9. The molecule has 0 bridgehead atoms. The summed E-state index contributed by atoms with van der Waals surface area (Å²) < 4.78 is 0. The van der Waals surface area contributed by atoms with Crippen LogP contribution in [-0.2, 0) is 9.59 Å². The molecular formula is C14H27N3O2. The molecule has 5 nitrogen and oxygen atoms in total. The third-order valence-corrected chi connectivity index (χ3v) is 3.77. The lowest BCUT2D eigenvalue weighted by Crippen LogP contribution is -2.47. The van der Waals surface area contributed by atoms with Crippen molar-refractivity contribution in [3.63, 3.8) is 0 Å². The molecular weight excluding hydrogens is 242 g/mol. The summed E-state index contributed by atoms with van der Waals surface area (Å²) in [7, 11) is 3.60. The Morgan fingerprint density at radius 3 is 2.26 bits per heavy atom. The summed E-state index contributed by atoms with van der Waals surface area (Å²) in [5.74, 6) is 0.407. The summed E-state index contributed by atoms with van der Waals surface area (Å²) in [5, 5.41) is 6.17. The van der Waals surface area contributed by atoms with Crippen LogP contribution in [0.3, 0.4) is 0 Å². The number of rotatable bonds is 5. The van der Waals surface area contributed by atoms with E-state index in [0.717, 1.165) is 32.2 Å². The highest BCUT2D eigenvalue weighted by molar-refractivity contribution is 5.81. The van der Waals surface area contributed by atoms with E-state index in [1.165, 1.54) is 0 Å². The molecule has 0 saturated heterocycles. The van der Waals surface area contributed by atoms with Gasteiger partial charge in [0.15, 0.2) is 0 Å². The number of carbonyl (C=O) groups excluding carboxylic acids is 2. The fourth-order valence-corrected chi connectivity index (χ4v) is 2.57. The Labute approximate surface area is 116 Å². The highest BCUT2D eigenvalue weighted by Crippen LogP contribution is 2.25. The van der Waals surface area contributed by atoms with Crippen LogP contribution >= 0.6 is 0 Å². The zero-order chi connectivity index (χ0) is 14.4. The highest BCUT2D eigenvalue weighted by Gasteiger charge is 2.28. The smallest absolute Gasteiger partial charge is 0.237 e. The van der Waals surface area contributed by atoms with Crippen molar-refractivity contribution in [3.05, 3.63) is 0 Å². The number of nitrogens with one attached hydrogen (secondary N) is 2. The molecule has 1 fully saturated rings. The van der Waals surface area contributed by atoms with E-state index in [9.17, 15) is 9.59 Å². The van der Waals surface area contributed by atoms with Crippen LogP contribution < -0.4 is 10.6 Å². The number of hydrogen-bond acceptors (Lipinski definition) is 3. The SMILES string of the molecule is CCN[C@H](C)C(=O)NC1CCC(C(=O)N(C)C)CC1. The third-order valence-electron chi connectivity index (χ3n) is 3.77. The first-order chi connectivity index (χ1) is 8.95. The topological polar surface area (TPSA) is 61.4 Å². The van der Waals surface area contributed by atoms with Crippen molar-refractivity contribution in [1.29, 1.82) is 0 Å². The van der Waals surface area contributed by atoms with Crippen LogP contribution in [0.1, 0.15) is 39.5 Å². The maximum Gasteiger partial charge on any atom is 0.237 e. The number of amides is 2. The van der Waals surface area contributed by atoms with Crippen molar-refractivity contribution in [1.82, 2.24) is 15.5 Å². The van der Waals surface area contributed by atoms with Gasteiger partial charge in [-0.15, -0.1) is 0 Å². The van der Waals surface area contributed by atoms with Crippen LogP contribution in [0, 0.1) is 5.92 Å². The molecule has 110 valence electrons. The Kier molecular flexibility index (Phi) is 6.28. The minimum atomic E-state index is -0.147. The fraction of sp³-hybridized carbons (Fsp3) is 0.857. The van der Waals surface area contributed by atoms with E-state index in [2.05, 4.69) is 10.6 Å². The van der Waals surface area contributed by atoms with Crippen molar-refractivity contribution >= 4 is 11.8 Å². The second-order valence-corrected chi connectivity index (χ2v) is 5.57. The second kappa shape index (κ2) is 7.48. The average molecular weight is 269 g/mol. The first-order valence-electron chi connectivity index (χ1n) is 7.20.